The second-order valence-electron chi connectivity index (χ2n) is 8.63. The molecular weight excluding hydrogens is 422 g/mol. The molecule has 1 amide bonds. The van der Waals surface area contributed by atoms with E-state index in [2.05, 4.69) is 10.5 Å². The van der Waals surface area contributed by atoms with E-state index in [9.17, 15) is 14.7 Å². The summed E-state index contributed by atoms with van der Waals surface area (Å²) >= 11 is 0. The molecule has 0 saturated carbocycles. The number of nitrogens with one attached hydrogen (secondary N) is 1. The van der Waals surface area contributed by atoms with E-state index in [1.807, 2.05) is 19.2 Å². The van der Waals surface area contributed by atoms with Crippen LogP contribution in [0.15, 0.2) is 77.5 Å². The van der Waals surface area contributed by atoms with Gasteiger partial charge in [0.2, 0.25) is 5.60 Å². The van der Waals surface area contributed by atoms with E-state index in [0.717, 1.165) is 19.4 Å². The Balaban J connectivity index is 1.47. The third-order valence-electron chi connectivity index (χ3n) is 6.38. The topological polar surface area (TPSA) is 102 Å². The number of ether oxygens (including phenoxy) is 1. The molecule has 0 bridgehead atoms. The zero-order chi connectivity index (χ0) is 23.3. The van der Waals surface area contributed by atoms with E-state index < -0.39 is 11.6 Å². The fourth-order valence-corrected chi connectivity index (χ4v) is 4.48. The fourth-order valence-electron chi connectivity index (χ4n) is 4.48. The predicted molar refractivity (Wildman–Crippen MR) is 121 cm³/mol. The highest BCUT2D eigenvalue weighted by Crippen LogP contribution is 2.32. The summed E-state index contributed by atoms with van der Waals surface area (Å²) in [4.78, 5) is 25.8. The lowest BCUT2D eigenvalue weighted by Gasteiger charge is -2.35. The van der Waals surface area contributed by atoms with Crippen LogP contribution in [0.3, 0.4) is 0 Å². The van der Waals surface area contributed by atoms with Gasteiger partial charge in [0.15, 0.2) is 12.4 Å². The van der Waals surface area contributed by atoms with Gasteiger partial charge >= 0.3 is 5.97 Å². The van der Waals surface area contributed by atoms with Crippen LogP contribution in [0.4, 0.5) is 5.82 Å². The Kier molecular flexibility index (Phi) is 6.57. The van der Waals surface area contributed by atoms with Crippen molar-refractivity contribution in [2.24, 2.45) is 0 Å². The zero-order valence-electron chi connectivity index (χ0n) is 18.5. The Morgan fingerprint density at radius 3 is 2.33 bits per heavy atom. The number of hydrogen-bond acceptors (Lipinski definition) is 6. The van der Waals surface area contributed by atoms with Crippen LogP contribution in [0.5, 0.6) is 0 Å². The molecule has 0 spiro atoms. The number of carbonyl (C=O) groups excluding carboxylic acids is 2. The molecule has 3 aromatic rings. The van der Waals surface area contributed by atoms with Gasteiger partial charge in [0, 0.05) is 18.9 Å². The summed E-state index contributed by atoms with van der Waals surface area (Å²) in [6.45, 7) is 1.11. The summed E-state index contributed by atoms with van der Waals surface area (Å²) in [6, 6.07) is 19.1. The number of esters is 1. The zero-order valence-corrected chi connectivity index (χ0v) is 18.5. The van der Waals surface area contributed by atoms with E-state index >= 15 is 0 Å². The molecule has 1 fully saturated rings. The molecule has 4 rings (SSSR count). The van der Waals surface area contributed by atoms with Crippen LogP contribution in [0.1, 0.15) is 24.0 Å². The first kappa shape index (κ1) is 22.7. The number of hydrogen-bond donors (Lipinski definition) is 2. The molecule has 2 atom stereocenters. The molecule has 2 heterocycles. The van der Waals surface area contributed by atoms with Gasteiger partial charge in [0.05, 0.1) is 13.6 Å². The molecule has 1 saturated heterocycles. The highest BCUT2D eigenvalue weighted by atomic mass is 16.6. The van der Waals surface area contributed by atoms with Crippen molar-refractivity contribution in [2.45, 2.75) is 24.5 Å². The Labute approximate surface area is 192 Å². The van der Waals surface area contributed by atoms with Crippen molar-refractivity contribution in [3.8, 4) is 0 Å². The van der Waals surface area contributed by atoms with Gasteiger partial charge in [-0.15, -0.1) is 0 Å². The van der Waals surface area contributed by atoms with E-state index in [1.54, 1.807) is 54.6 Å². The van der Waals surface area contributed by atoms with Gasteiger partial charge in [-0.1, -0.05) is 65.8 Å². The van der Waals surface area contributed by atoms with E-state index in [4.69, 9.17) is 9.26 Å². The number of aromatic nitrogens is 1. The molecule has 33 heavy (non-hydrogen) atoms. The molecule has 8 heteroatoms. The summed E-state index contributed by atoms with van der Waals surface area (Å²) in [7, 11) is 1.98. The number of likely N-dealkylation sites (N-methyl/N-ethyl adjacent to an activating group) is 1. The Morgan fingerprint density at radius 1 is 1.12 bits per heavy atom. The van der Waals surface area contributed by atoms with Crippen molar-refractivity contribution >= 4 is 17.7 Å². The first-order chi connectivity index (χ1) is 15.9. The molecule has 1 aromatic heterocycles. The van der Waals surface area contributed by atoms with Crippen LogP contribution < -0.4 is 5.32 Å². The summed E-state index contributed by atoms with van der Waals surface area (Å²) in [5.74, 6) is -0.551. The van der Waals surface area contributed by atoms with Gasteiger partial charge in [-0.2, -0.15) is 0 Å². The third kappa shape index (κ3) is 4.81. The second-order valence-corrected chi connectivity index (χ2v) is 8.63. The number of anilines is 1. The number of nitrogens with zero attached hydrogens (tertiary/aromatic N) is 2. The third-order valence-corrected chi connectivity index (χ3v) is 6.38. The fraction of sp³-hybridized carbons (Fsp3) is 0.320. The Hall–Kier alpha value is -3.49. The van der Waals surface area contributed by atoms with Crippen molar-refractivity contribution in [2.75, 3.05) is 32.1 Å². The molecule has 2 N–H and O–H groups in total. The molecule has 172 valence electrons. The first-order valence-corrected chi connectivity index (χ1v) is 11.0. The minimum atomic E-state index is -1.92. The van der Waals surface area contributed by atoms with Crippen molar-refractivity contribution in [1.82, 2.24) is 5.16 Å². The molecule has 1 aliphatic rings. The van der Waals surface area contributed by atoms with Gasteiger partial charge in [-0.3, -0.25) is 4.79 Å². The number of amides is 1. The van der Waals surface area contributed by atoms with Gasteiger partial charge in [-0.25, -0.2) is 4.79 Å². The molecule has 1 aliphatic heterocycles. The average molecular weight is 451 g/mol. The lowest BCUT2D eigenvalue weighted by Crippen LogP contribution is -2.54. The van der Waals surface area contributed by atoms with Crippen LogP contribution in [0.25, 0.3) is 0 Å². The number of benzene rings is 2. The molecule has 2 unspecified atom stereocenters. The number of likely N-dealkylation sites (tertiary alicyclic amines) is 1. The summed E-state index contributed by atoms with van der Waals surface area (Å²) in [5.41, 5.74) is -1.04. The Bertz CT molecular complexity index is 1030. The highest BCUT2D eigenvalue weighted by molar-refractivity contribution is 5.90. The summed E-state index contributed by atoms with van der Waals surface area (Å²) < 4.78 is 10.9. The number of aliphatic hydroxyl groups is 1. The van der Waals surface area contributed by atoms with Crippen molar-refractivity contribution in [1.29, 1.82) is 0 Å². The quantitative estimate of drug-likeness (QED) is 0.404. The number of quaternary nitrogens is 1. The van der Waals surface area contributed by atoms with Gasteiger partial charge in [0.1, 0.15) is 18.9 Å². The van der Waals surface area contributed by atoms with Crippen LogP contribution in [-0.4, -0.2) is 59.4 Å². The van der Waals surface area contributed by atoms with Crippen molar-refractivity contribution < 1.29 is 28.4 Å². The second kappa shape index (κ2) is 9.56. The predicted octanol–water partition coefficient (Wildman–Crippen LogP) is 2.70. The van der Waals surface area contributed by atoms with Crippen LogP contribution in [0, 0.1) is 0 Å². The van der Waals surface area contributed by atoms with E-state index in [1.165, 1.54) is 6.26 Å². The molecular formula is C25H28N3O5+. The van der Waals surface area contributed by atoms with Crippen molar-refractivity contribution in [3.63, 3.8) is 0 Å². The molecule has 0 radical (unpaired) electrons. The smallest absolute Gasteiger partial charge is 0.347 e. The maximum absolute atomic E-state index is 13.3. The first-order valence-electron chi connectivity index (χ1n) is 11.0. The molecule has 8 nitrogen and oxygen atoms in total. The average Bonchev–Trinajstić information content (AvgIpc) is 3.47. The van der Waals surface area contributed by atoms with Gasteiger partial charge in [-0.05, 0) is 11.1 Å². The van der Waals surface area contributed by atoms with Gasteiger partial charge in [0.25, 0.3) is 5.91 Å². The largest absolute Gasteiger partial charge is 0.457 e. The lowest BCUT2D eigenvalue weighted by molar-refractivity contribution is -0.913. The monoisotopic (exact) mass is 450 g/mol. The number of carbonyl (C=O) groups is 2. The standard InChI is InChI=1S/C25H27N3O5/c1-28(17-23(29)26-22-14-16-33-27-22)15-8-13-21(28)18-32-24(30)25(31,19-9-4-2-5-10-19)20-11-6-3-7-12-20/h2-7,9-12,14,16,21,31H,8,13,15,17-18H2,1H3/p+1. The van der Waals surface area contributed by atoms with Crippen molar-refractivity contribution in [3.05, 3.63) is 84.1 Å². The SMILES string of the molecule is C[N+]1(CC(=O)Nc2ccon2)CCCC1COC(=O)C(O)(c1ccccc1)c1ccccc1. The van der Waals surface area contributed by atoms with Crippen LogP contribution in [0.2, 0.25) is 0 Å². The van der Waals surface area contributed by atoms with E-state index in [0.29, 0.717) is 21.4 Å². The minimum Gasteiger partial charge on any atom is -0.457 e. The summed E-state index contributed by atoms with van der Waals surface area (Å²) in [6.07, 6.45) is 3.12. The van der Waals surface area contributed by atoms with Crippen LogP contribution in [-0.2, 0) is 19.9 Å². The van der Waals surface area contributed by atoms with Crippen LogP contribution >= 0.6 is 0 Å². The molecule has 2 aromatic carbocycles. The normalized spacial score (nSPS) is 20.4. The summed E-state index contributed by atoms with van der Waals surface area (Å²) in [5, 5.41) is 18.0. The molecule has 0 aliphatic carbocycles. The maximum Gasteiger partial charge on any atom is 0.347 e. The maximum atomic E-state index is 13.3. The lowest BCUT2D eigenvalue weighted by atomic mass is 9.86. The number of rotatable bonds is 8. The Morgan fingerprint density at radius 2 is 1.76 bits per heavy atom. The van der Waals surface area contributed by atoms with Gasteiger partial charge < -0.3 is 24.2 Å². The minimum absolute atomic E-state index is 0.0622. The van der Waals surface area contributed by atoms with E-state index in [-0.39, 0.29) is 25.1 Å². The highest BCUT2D eigenvalue weighted by Gasteiger charge is 2.45.